The molecule has 1 saturated heterocycles. The predicted octanol–water partition coefficient (Wildman–Crippen LogP) is 2.33. The van der Waals surface area contributed by atoms with Crippen LogP contribution in [0.25, 0.3) is 0 Å². The molecule has 1 atom stereocenters. The van der Waals surface area contributed by atoms with Crippen LogP contribution < -0.4 is 10.1 Å². The van der Waals surface area contributed by atoms with Gasteiger partial charge in [-0.2, -0.15) is 0 Å². The Labute approximate surface area is 145 Å². The molecule has 1 heterocycles. The maximum absolute atomic E-state index is 12.8. The molecule has 1 aromatic rings. The van der Waals surface area contributed by atoms with Gasteiger partial charge in [0.15, 0.2) is 11.5 Å². The Morgan fingerprint density at radius 1 is 1.38 bits per heavy atom. The summed E-state index contributed by atoms with van der Waals surface area (Å²) >= 11 is 6.00. The number of amides is 2. The average molecular weight is 353 g/mol. The van der Waals surface area contributed by atoms with Gasteiger partial charge in [0.1, 0.15) is 6.04 Å². The highest BCUT2D eigenvalue weighted by molar-refractivity contribution is 6.32. The van der Waals surface area contributed by atoms with E-state index in [1.165, 1.54) is 12.1 Å². The molecule has 0 spiro atoms. The first kappa shape index (κ1) is 16.9. The zero-order valence-corrected chi connectivity index (χ0v) is 14.3. The van der Waals surface area contributed by atoms with Gasteiger partial charge in [-0.05, 0) is 44.7 Å². The molecule has 130 valence electrons. The third-order valence-electron chi connectivity index (χ3n) is 4.32. The molecular formula is C17H21ClN2O4. The number of phenolic OH excluding ortho intramolecular Hbond substituents is 1. The summed E-state index contributed by atoms with van der Waals surface area (Å²) < 4.78 is 5.32. The number of nitrogens with zero attached hydrogens (tertiary/aromatic N) is 1. The summed E-state index contributed by atoms with van der Waals surface area (Å²) in [6, 6.07) is 2.71. The number of carbonyl (C=O) groups excluding carboxylic acids is 2. The lowest BCUT2D eigenvalue weighted by Gasteiger charge is -2.24. The van der Waals surface area contributed by atoms with Gasteiger partial charge in [0.05, 0.1) is 11.6 Å². The molecule has 2 N–H and O–H groups in total. The number of phenols is 1. The van der Waals surface area contributed by atoms with Crippen LogP contribution in [0.5, 0.6) is 11.5 Å². The van der Waals surface area contributed by atoms with Crippen LogP contribution in [-0.2, 0) is 4.79 Å². The zero-order valence-electron chi connectivity index (χ0n) is 13.5. The van der Waals surface area contributed by atoms with E-state index in [0.29, 0.717) is 25.1 Å². The fourth-order valence-corrected chi connectivity index (χ4v) is 3.15. The van der Waals surface area contributed by atoms with Crippen LogP contribution in [0, 0.1) is 0 Å². The molecule has 0 unspecified atom stereocenters. The van der Waals surface area contributed by atoms with E-state index in [9.17, 15) is 14.7 Å². The van der Waals surface area contributed by atoms with E-state index in [-0.39, 0.29) is 34.4 Å². The molecule has 0 aromatic heterocycles. The summed E-state index contributed by atoms with van der Waals surface area (Å²) in [6.07, 6.45) is 3.47. The van der Waals surface area contributed by atoms with Crippen molar-refractivity contribution < 1.29 is 19.4 Å². The highest BCUT2D eigenvalue weighted by atomic mass is 35.5. The van der Waals surface area contributed by atoms with Crippen LogP contribution in [-0.4, -0.2) is 47.1 Å². The van der Waals surface area contributed by atoms with E-state index in [1.807, 2.05) is 0 Å². The highest BCUT2D eigenvalue weighted by Gasteiger charge is 2.37. The Balaban J connectivity index is 1.80. The van der Waals surface area contributed by atoms with Gasteiger partial charge in [0.2, 0.25) is 5.91 Å². The van der Waals surface area contributed by atoms with Gasteiger partial charge in [0.25, 0.3) is 5.91 Å². The first-order chi connectivity index (χ1) is 11.5. The third kappa shape index (κ3) is 3.43. The number of aromatic hydroxyl groups is 1. The first-order valence-electron chi connectivity index (χ1n) is 8.28. The monoisotopic (exact) mass is 352 g/mol. The Kier molecular flexibility index (Phi) is 4.85. The van der Waals surface area contributed by atoms with E-state index >= 15 is 0 Å². The van der Waals surface area contributed by atoms with Crippen LogP contribution in [0.15, 0.2) is 12.1 Å². The zero-order chi connectivity index (χ0) is 17.3. The number of nitrogens with one attached hydrogen (secondary N) is 1. The molecule has 1 aliphatic carbocycles. The topological polar surface area (TPSA) is 78.9 Å². The fourth-order valence-electron chi connectivity index (χ4n) is 2.94. The lowest BCUT2D eigenvalue weighted by molar-refractivity contribution is -0.125. The summed E-state index contributed by atoms with van der Waals surface area (Å²) in [6.45, 7) is 2.66. The molecule has 7 heteroatoms. The average Bonchev–Trinajstić information content (AvgIpc) is 3.23. The molecule has 0 bridgehead atoms. The smallest absolute Gasteiger partial charge is 0.254 e. The van der Waals surface area contributed by atoms with Crippen LogP contribution >= 0.6 is 11.6 Å². The Bertz CT molecular complexity index is 660. The van der Waals surface area contributed by atoms with Crippen molar-refractivity contribution in [1.82, 2.24) is 10.2 Å². The minimum atomic E-state index is -0.443. The van der Waals surface area contributed by atoms with Crippen LogP contribution in [0.2, 0.25) is 5.02 Å². The second kappa shape index (κ2) is 6.89. The summed E-state index contributed by atoms with van der Waals surface area (Å²) in [5.41, 5.74) is 0.312. The molecule has 3 rings (SSSR count). The number of likely N-dealkylation sites (tertiary alicyclic amines) is 1. The normalized spacial score (nSPS) is 20.1. The number of rotatable bonds is 5. The second-order valence-electron chi connectivity index (χ2n) is 6.18. The number of ether oxygens (including phenoxy) is 1. The molecule has 1 saturated carbocycles. The molecule has 0 radical (unpaired) electrons. The summed E-state index contributed by atoms with van der Waals surface area (Å²) in [5.74, 6) is -0.365. The van der Waals surface area contributed by atoms with Crippen molar-refractivity contribution in [2.45, 2.75) is 44.7 Å². The lowest BCUT2D eigenvalue weighted by Crippen LogP contribution is -2.46. The van der Waals surface area contributed by atoms with Gasteiger partial charge in [-0.25, -0.2) is 0 Å². The van der Waals surface area contributed by atoms with Crippen molar-refractivity contribution in [1.29, 1.82) is 0 Å². The van der Waals surface area contributed by atoms with E-state index < -0.39 is 6.04 Å². The van der Waals surface area contributed by atoms with Crippen molar-refractivity contribution in [3.63, 3.8) is 0 Å². The number of hydrogen-bond acceptors (Lipinski definition) is 4. The Hall–Kier alpha value is -1.95. The van der Waals surface area contributed by atoms with E-state index in [1.54, 1.807) is 11.8 Å². The predicted molar refractivity (Wildman–Crippen MR) is 89.5 cm³/mol. The number of hydrogen-bond donors (Lipinski definition) is 2. The number of carbonyl (C=O) groups is 2. The van der Waals surface area contributed by atoms with Crippen LogP contribution in [0.1, 0.15) is 43.0 Å². The quantitative estimate of drug-likeness (QED) is 0.852. The van der Waals surface area contributed by atoms with Crippen molar-refractivity contribution in [2.75, 3.05) is 13.2 Å². The Morgan fingerprint density at radius 2 is 2.12 bits per heavy atom. The highest BCUT2D eigenvalue weighted by Crippen LogP contribution is 2.36. The summed E-state index contributed by atoms with van der Waals surface area (Å²) in [7, 11) is 0. The first-order valence-corrected chi connectivity index (χ1v) is 8.65. The molecule has 1 aromatic carbocycles. The van der Waals surface area contributed by atoms with Crippen molar-refractivity contribution in [2.24, 2.45) is 0 Å². The molecule has 2 amide bonds. The maximum Gasteiger partial charge on any atom is 0.254 e. The molecule has 2 fully saturated rings. The van der Waals surface area contributed by atoms with Crippen molar-refractivity contribution in [3.05, 3.63) is 22.7 Å². The van der Waals surface area contributed by atoms with Crippen LogP contribution in [0.4, 0.5) is 0 Å². The Morgan fingerprint density at radius 3 is 2.79 bits per heavy atom. The maximum atomic E-state index is 12.8. The van der Waals surface area contributed by atoms with Crippen molar-refractivity contribution in [3.8, 4) is 11.5 Å². The molecule has 2 aliphatic rings. The largest absolute Gasteiger partial charge is 0.503 e. The van der Waals surface area contributed by atoms with Gasteiger partial charge in [-0.1, -0.05) is 11.6 Å². The number of benzene rings is 1. The molecule has 6 nitrogen and oxygen atoms in total. The standard InChI is InChI=1S/C17H21ClN2O4/c1-2-24-14-9-10(8-12(18)15(14)21)17(23)20-7-3-4-13(20)16(22)19-11-5-6-11/h8-9,11,13,21H,2-7H2,1H3,(H,19,22)/t13-/m1/s1. The summed E-state index contributed by atoms with van der Waals surface area (Å²) in [4.78, 5) is 26.7. The van der Waals surface area contributed by atoms with Gasteiger partial charge < -0.3 is 20.1 Å². The van der Waals surface area contributed by atoms with E-state index in [2.05, 4.69) is 5.32 Å². The van der Waals surface area contributed by atoms with Crippen molar-refractivity contribution >= 4 is 23.4 Å². The van der Waals surface area contributed by atoms with Gasteiger partial charge in [-0.3, -0.25) is 9.59 Å². The molecule has 24 heavy (non-hydrogen) atoms. The SMILES string of the molecule is CCOc1cc(C(=O)N2CCC[C@@H]2C(=O)NC2CC2)cc(Cl)c1O. The van der Waals surface area contributed by atoms with Gasteiger partial charge >= 0.3 is 0 Å². The van der Waals surface area contributed by atoms with E-state index in [4.69, 9.17) is 16.3 Å². The minimum Gasteiger partial charge on any atom is -0.503 e. The van der Waals surface area contributed by atoms with Gasteiger partial charge in [0, 0.05) is 18.2 Å². The minimum absolute atomic E-state index is 0.0579. The number of halogens is 1. The van der Waals surface area contributed by atoms with E-state index in [0.717, 1.165) is 19.3 Å². The summed E-state index contributed by atoms with van der Waals surface area (Å²) in [5, 5.41) is 12.9. The second-order valence-corrected chi connectivity index (χ2v) is 6.58. The lowest BCUT2D eigenvalue weighted by atomic mass is 10.1. The molecule has 1 aliphatic heterocycles. The van der Waals surface area contributed by atoms with Gasteiger partial charge in [-0.15, -0.1) is 0 Å². The molecular weight excluding hydrogens is 332 g/mol. The van der Waals surface area contributed by atoms with Crippen LogP contribution in [0.3, 0.4) is 0 Å². The fraction of sp³-hybridized carbons (Fsp3) is 0.529. The third-order valence-corrected chi connectivity index (χ3v) is 4.60.